The maximum atomic E-state index is 12.7. The van der Waals surface area contributed by atoms with Crippen molar-refractivity contribution in [3.05, 3.63) is 33.8 Å². The third kappa shape index (κ3) is 3.23. The normalized spacial score (nSPS) is 20.2. The van der Waals surface area contributed by atoms with Crippen molar-refractivity contribution < 1.29 is 9.53 Å². The van der Waals surface area contributed by atoms with Crippen LogP contribution in [0.25, 0.3) is 0 Å². The summed E-state index contributed by atoms with van der Waals surface area (Å²) < 4.78 is 7.46. The molecule has 2 aliphatic rings. The number of hydrogen-bond acceptors (Lipinski definition) is 5. The molecule has 1 fully saturated rings. The van der Waals surface area contributed by atoms with E-state index in [9.17, 15) is 4.79 Å². The van der Waals surface area contributed by atoms with Crippen LogP contribution in [0.15, 0.2) is 16.8 Å². The number of methoxy groups -OCH3 is 1. The predicted octanol–water partition coefficient (Wildman–Crippen LogP) is 2.06. The first-order valence-electron chi connectivity index (χ1n) is 8.44. The van der Waals surface area contributed by atoms with Crippen molar-refractivity contribution in [2.45, 2.75) is 38.3 Å². The molecule has 1 unspecified atom stereocenters. The second-order valence-electron chi connectivity index (χ2n) is 6.78. The van der Waals surface area contributed by atoms with Crippen molar-refractivity contribution in [1.29, 1.82) is 0 Å². The zero-order valence-electron chi connectivity index (χ0n) is 13.9. The molecule has 0 radical (unpaired) electrons. The molecule has 1 saturated carbocycles. The summed E-state index contributed by atoms with van der Waals surface area (Å²) in [6.45, 7) is 2.78. The highest BCUT2D eigenvalue weighted by atomic mass is 32.1. The molecule has 7 heteroatoms. The Kier molecular flexibility index (Phi) is 4.37. The Balaban J connectivity index is 1.53. The fourth-order valence-electron chi connectivity index (χ4n) is 3.40. The summed E-state index contributed by atoms with van der Waals surface area (Å²) in [5, 5.41) is 12.8. The maximum absolute atomic E-state index is 12.7. The average Bonchev–Trinajstić information content (AvgIpc) is 3.06. The topological polar surface area (TPSA) is 60.2 Å². The first-order chi connectivity index (χ1) is 11.7. The number of thiophene rings is 1. The van der Waals surface area contributed by atoms with E-state index in [-0.39, 0.29) is 11.8 Å². The monoisotopic (exact) mass is 346 g/mol. The van der Waals surface area contributed by atoms with Crippen molar-refractivity contribution in [3.63, 3.8) is 0 Å². The van der Waals surface area contributed by atoms with Crippen molar-refractivity contribution in [2.24, 2.45) is 5.92 Å². The molecule has 1 aliphatic carbocycles. The smallest absolute Gasteiger partial charge is 0.227 e. The summed E-state index contributed by atoms with van der Waals surface area (Å²) in [5.41, 5.74) is 3.18. The largest absolute Gasteiger partial charge is 0.384 e. The van der Waals surface area contributed by atoms with Gasteiger partial charge in [0.05, 0.1) is 25.3 Å². The minimum Gasteiger partial charge on any atom is -0.384 e. The first-order valence-corrected chi connectivity index (χ1v) is 9.39. The lowest BCUT2D eigenvalue weighted by Gasteiger charge is -2.32. The number of nitrogens with zero attached hydrogens (tertiary/aromatic N) is 4. The van der Waals surface area contributed by atoms with E-state index in [1.807, 2.05) is 21.7 Å². The van der Waals surface area contributed by atoms with E-state index >= 15 is 0 Å². The number of hydrogen-bond donors (Lipinski definition) is 0. The van der Waals surface area contributed by atoms with Crippen LogP contribution in [-0.4, -0.2) is 46.1 Å². The summed E-state index contributed by atoms with van der Waals surface area (Å²) >= 11 is 1.62. The zero-order chi connectivity index (χ0) is 16.5. The second kappa shape index (κ2) is 6.64. The van der Waals surface area contributed by atoms with E-state index in [1.54, 1.807) is 18.4 Å². The summed E-state index contributed by atoms with van der Waals surface area (Å²) in [7, 11) is 1.71. The van der Waals surface area contributed by atoms with E-state index in [0.29, 0.717) is 26.1 Å². The summed E-state index contributed by atoms with van der Waals surface area (Å²) in [4.78, 5) is 14.6. The summed E-state index contributed by atoms with van der Waals surface area (Å²) in [6, 6.07) is 2.01. The molecule has 1 amide bonds. The summed E-state index contributed by atoms with van der Waals surface area (Å²) in [5.74, 6) is 1.05. The van der Waals surface area contributed by atoms with E-state index in [4.69, 9.17) is 4.74 Å². The minimum absolute atomic E-state index is 0.150. The Morgan fingerprint density at radius 3 is 3.04 bits per heavy atom. The van der Waals surface area contributed by atoms with Crippen LogP contribution in [0.4, 0.5) is 0 Å². The molecule has 0 aromatic carbocycles. The van der Waals surface area contributed by atoms with Crippen LogP contribution in [0, 0.1) is 5.92 Å². The molecule has 2 aromatic rings. The lowest BCUT2D eigenvalue weighted by molar-refractivity contribution is -0.132. The minimum atomic E-state index is 0.150. The van der Waals surface area contributed by atoms with Crippen LogP contribution < -0.4 is 0 Å². The van der Waals surface area contributed by atoms with Gasteiger partial charge in [-0.3, -0.25) is 4.79 Å². The Labute approximate surface area is 145 Å². The maximum Gasteiger partial charge on any atom is 0.227 e. The second-order valence-corrected chi connectivity index (χ2v) is 7.56. The molecule has 0 bridgehead atoms. The molecule has 0 N–H and O–H groups in total. The Morgan fingerprint density at radius 2 is 2.33 bits per heavy atom. The third-order valence-corrected chi connectivity index (χ3v) is 5.53. The molecule has 4 rings (SSSR count). The van der Waals surface area contributed by atoms with Gasteiger partial charge in [0.25, 0.3) is 0 Å². The highest BCUT2D eigenvalue weighted by molar-refractivity contribution is 7.07. The van der Waals surface area contributed by atoms with Crippen molar-refractivity contribution in [2.75, 3.05) is 20.3 Å². The quantitative estimate of drug-likeness (QED) is 0.803. The van der Waals surface area contributed by atoms with E-state index in [0.717, 1.165) is 23.7 Å². The van der Waals surface area contributed by atoms with Crippen LogP contribution >= 0.6 is 11.3 Å². The molecule has 6 nitrogen and oxygen atoms in total. The van der Waals surface area contributed by atoms with Gasteiger partial charge in [-0.15, -0.1) is 5.10 Å². The van der Waals surface area contributed by atoms with Crippen LogP contribution in [-0.2, 0) is 29.0 Å². The van der Waals surface area contributed by atoms with Gasteiger partial charge in [-0.25, -0.2) is 4.68 Å². The van der Waals surface area contributed by atoms with Gasteiger partial charge in [0.1, 0.15) is 5.69 Å². The van der Waals surface area contributed by atoms with Crippen molar-refractivity contribution in [3.8, 4) is 0 Å². The number of aromatic nitrogens is 3. The van der Waals surface area contributed by atoms with Gasteiger partial charge in [-0.2, -0.15) is 11.3 Å². The number of rotatable bonds is 6. The number of ether oxygens (including phenoxy) is 1. The van der Waals surface area contributed by atoms with Crippen LogP contribution in [0.1, 0.15) is 35.7 Å². The molecule has 128 valence electrons. The Morgan fingerprint density at radius 1 is 1.46 bits per heavy atom. The predicted molar refractivity (Wildman–Crippen MR) is 90.8 cm³/mol. The fraction of sp³-hybridized carbons (Fsp3) is 0.588. The highest BCUT2D eigenvalue weighted by Gasteiger charge is 2.34. The Bertz CT molecular complexity index is 708. The number of carbonyl (C=O) groups excluding carboxylic acids is 1. The molecule has 1 aliphatic heterocycles. The van der Waals surface area contributed by atoms with E-state index < -0.39 is 0 Å². The average molecular weight is 346 g/mol. The van der Waals surface area contributed by atoms with Gasteiger partial charge >= 0.3 is 0 Å². The lowest BCUT2D eigenvalue weighted by Crippen LogP contribution is -2.41. The van der Waals surface area contributed by atoms with Gasteiger partial charge in [0, 0.05) is 26.1 Å². The standard InChI is InChI=1S/C17H22N4O2S/c1-23-10-14-8-20(16(22)6-13-4-5-24-11-13)9-15-17(14)21(19-18-15)7-12-2-3-12/h4-5,11-12,14H,2-3,6-10H2,1H3. The zero-order valence-corrected chi connectivity index (χ0v) is 14.7. The van der Waals surface area contributed by atoms with E-state index in [1.165, 1.54) is 18.5 Å². The molecular weight excluding hydrogens is 324 g/mol. The SMILES string of the molecule is COCC1CN(C(=O)Cc2ccsc2)Cc2nnn(CC3CC3)c21. The van der Waals surface area contributed by atoms with Crippen molar-refractivity contribution >= 4 is 17.2 Å². The molecule has 0 saturated heterocycles. The van der Waals surface area contributed by atoms with Crippen LogP contribution in [0.5, 0.6) is 0 Å². The third-order valence-electron chi connectivity index (χ3n) is 4.80. The van der Waals surface area contributed by atoms with E-state index in [2.05, 4.69) is 15.0 Å². The molecule has 24 heavy (non-hydrogen) atoms. The van der Waals surface area contributed by atoms with Gasteiger partial charge in [-0.1, -0.05) is 5.21 Å². The molecule has 0 spiro atoms. The van der Waals surface area contributed by atoms with Gasteiger partial charge in [0.15, 0.2) is 0 Å². The van der Waals surface area contributed by atoms with Gasteiger partial charge < -0.3 is 9.64 Å². The number of carbonyl (C=O) groups is 1. The lowest BCUT2D eigenvalue weighted by atomic mass is 9.98. The first kappa shape index (κ1) is 15.8. The van der Waals surface area contributed by atoms with Gasteiger partial charge in [0.2, 0.25) is 5.91 Å². The van der Waals surface area contributed by atoms with Crippen LogP contribution in [0.3, 0.4) is 0 Å². The Hall–Kier alpha value is -1.73. The molecular formula is C17H22N4O2S. The molecule has 2 aromatic heterocycles. The van der Waals surface area contributed by atoms with Gasteiger partial charge in [-0.05, 0) is 41.1 Å². The van der Waals surface area contributed by atoms with Crippen molar-refractivity contribution in [1.82, 2.24) is 19.9 Å². The molecule has 3 heterocycles. The number of fused-ring (bicyclic) bond motifs is 1. The number of amides is 1. The fourth-order valence-corrected chi connectivity index (χ4v) is 4.06. The molecule has 1 atom stereocenters. The van der Waals surface area contributed by atoms with Crippen LogP contribution in [0.2, 0.25) is 0 Å². The highest BCUT2D eigenvalue weighted by Crippen LogP contribution is 2.33. The summed E-state index contributed by atoms with van der Waals surface area (Å²) in [6.07, 6.45) is 3.03.